The van der Waals surface area contributed by atoms with Crippen molar-refractivity contribution in [1.29, 1.82) is 0 Å². The van der Waals surface area contributed by atoms with Crippen LogP contribution in [0.1, 0.15) is 34.7 Å². The van der Waals surface area contributed by atoms with E-state index >= 15 is 0 Å². The highest BCUT2D eigenvalue weighted by molar-refractivity contribution is 7.92. The summed E-state index contributed by atoms with van der Waals surface area (Å²) in [7, 11) is -0.131. The van der Waals surface area contributed by atoms with Gasteiger partial charge in [0.1, 0.15) is 23.4 Å². The largest absolute Gasteiger partial charge is 0.593 e. The predicted octanol–water partition coefficient (Wildman–Crippen LogP) is 2.98. The topological polar surface area (TPSA) is 122 Å². The Morgan fingerprint density at radius 3 is 2.50 bits per heavy atom. The number of rotatable bonds is 7. The molecule has 0 radical (unpaired) electrons. The van der Waals surface area contributed by atoms with Gasteiger partial charge in [-0.3, -0.25) is 4.79 Å². The van der Waals surface area contributed by atoms with Gasteiger partial charge < -0.3 is 24.3 Å². The van der Waals surface area contributed by atoms with Gasteiger partial charge in [-0.2, -0.15) is 0 Å². The molecule has 1 amide bonds. The highest BCUT2D eigenvalue weighted by Gasteiger charge is 2.34. The zero-order valence-electron chi connectivity index (χ0n) is 19.6. The summed E-state index contributed by atoms with van der Waals surface area (Å²) in [6.07, 6.45) is 4.74. The van der Waals surface area contributed by atoms with Crippen LogP contribution in [0.3, 0.4) is 0 Å². The van der Waals surface area contributed by atoms with Crippen LogP contribution in [0.25, 0.3) is 22.3 Å². The molecule has 184 valence electrons. The minimum absolute atomic E-state index is 0.212. The van der Waals surface area contributed by atoms with E-state index in [9.17, 15) is 23.8 Å². The van der Waals surface area contributed by atoms with Gasteiger partial charge in [-0.15, -0.1) is 4.31 Å². The van der Waals surface area contributed by atoms with E-state index in [4.69, 9.17) is 4.42 Å². The lowest BCUT2D eigenvalue weighted by atomic mass is 9.82. The minimum atomic E-state index is -1.67. The van der Waals surface area contributed by atoms with E-state index in [1.165, 1.54) is 37.7 Å². The SMILES string of the molecule is CNC(=O)c1c(-c2ccc(F)cc2)oc2cc(N(c3ccc(B(O)O)cn3)[S+](C)[O-])c(C3CC3)cc12. The van der Waals surface area contributed by atoms with Crippen molar-refractivity contribution in [3.05, 3.63) is 71.7 Å². The highest BCUT2D eigenvalue weighted by Crippen LogP contribution is 2.49. The Hall–Kier alpha value is -3.38. The molecule has 1 fully saturated rings. The highest BCUT2D eigenvalue weighted by atomic mass is 32.2. The minimum Gasteiger partial charge on any atom is -0.593 e. The molecule has 0 spiro atoms. The molecule has 2 aromatic heterocycles. The van der Waals surface area contributed by atoms with Crippen molar-refractivity contribution in [2.24, 2.45) is 0 Å². The Morgan fingerprint density at radius 1 is 1.22 bits per heavy atom. The smallest absolute Gasteiger partial charge is 0.490 e. The Bertz CT molecular complexity index is 1420. The number of halogens is 1. The summed E-state index contributed by atoms with van der Waals surface area (Å²) >= 11 is -1.53. The van der Waals surface area contributed by atoms with Gasteiger partial charge in [0.25, 0.3) is 5.91 Å². The zero-order chi connectivity index (χ0) is 25.6. The van der Waals surface area contributed by atoms with Gasteiger partial charge in [0, 0.05) is 35.7 Å². The predicted molar refractivity (Wildman–Crippen MR) is 137 cm³/mol. The number of fused-ring (bicyclic) bond motifs is 1. The van der Waals surface area contributed by atoms with E-state index in [1.54, 1.807) is 28.6 Å². The average molecular weight is 507 g/mol. The number of anilines is 2. The lowest BCUT2D eigenvalue weighted by Crippen LogP contribution is -2.31. The van der Waals surface area contributed by atoms with Gasteiger partial charge in [0.05, 0.1) is 22.6 Å². The number of furan rings is 1. The van der Waals surface area contributed by atoms with Gasteiger partial charge in [0.15, 0.2) is 5.82 Å². The second-order valence-corrected chi connectivity index (χ2v) is 9.83. The molecular weight excluding hydrogens is 484 g/mol. The molecular formula is C25H23BFN3O5S. The van der Waals surface area contributed by atoms with Crippen LogP contribution in [0.15, 0.2) is 59.1 Å². The molecule has 2 aromatic carbocycles. The van der Waals surface area contributed by atoms with Gasteiger partial charge in [-0.05, 0) is 60.7 Å². The second kappa shape index (κ2) is 9.59. The quantitative estimate of drug-likeness (QED) is 0.260. The fourth-order valence-electron chi connectivity index (χ4n) is 4.27. The first-order valence-corrected chi connectivity index (χ1v) is 12.8. The maximum Gasteiger partial charge on any atom is 0.490 e. The molecule has 0 saturated heterocycles. The van der Waals surface area contributed by atoms with Crippen molar-refractivity contribution in [1.82, 2.24) is 10.3 Å². The van der Waals surface area contributed by atoms with Crippen LogP contribution in [0.2, 0.25) is 0 Å². The monoisotopic (exact) mass is 507 g/mol. The Balaban J connectivity index is 1.72. The van der Waals surface area contributed by atoms with Gasteiger partial charge in [-0.1, -0.05) is 6.07 Å². The summed E-state index contributed by atoms with van der Waals surface area (Å²) in [5, 5.41) is 22.1. The van der Waals surface area contributed by atoms with E-state index in [2.05, 4.69) is 10.3 Å². The van der Waals surface area contributed by atoms with E-state index in [1.807, 2.05) is 6.07 Å². The molecule has 3 N–H and O–H groups in total. The molecule has 36 heavy (non-hydrogen) atoms. The lowest BCUT2D eigenvalue weighted by molar-refractivity contribution is 0.0964. The molecule has 1 unspecified atom stereocenters. The van der Waals surface area contributed by atoms with Crippen LogP contribution in [-0.2, 0) is 11.4 Å². The van der Waals surface area contributed by atoms with E-state index in [-0.39, 0.29) is 17.3 Å². The maximum absolute atomic E-state index is 13.6. The van der Waals surface area contributed by atoms with Crippen molar-refractivity contribution < 1.29 is 28.2 Å². The fourth-order valence-corrected chi connectivity index (χ4v) is 5.07. The third-order valence-electron chi connectivity index (χ3n) is 6.17. The summed E-state index contributed by atoms with van der Waals surface area (Å²) in [4.78, 5) is 17.2. The van der Waals surface area contributed by atoms with E-state index in [0.29, 0.717) is 39.4 Å². The first-order valence-electron chi connectivity index (χ1n) is 11.3. The van der Waals surface area contributed by atoms with Crippen LogP contribution < -0.4 is 15.1 Å². The number of amides is 1. The molecule has 0 bridgehead atoms. The number of pyridine rings is 1. The number of hydrogen-bond donors (Lipinski definition) is 3. The fraction of sp³-hybridized carbons (Fsp3) is 0.200. The average Bonchev–Trinajstić information content (AvgIpc) is 3.64. The summed E-state index contributed by atoms with van der Waals surface area (Å²) in [6.45, 7) is 0. The molecule has 8 nitrogen and oxygen atoms in total. The maximum atomic E-state index is 13.6. The number of nitrogens with one attached hydrogen (secondary N) is 1. The lowest BCUT2D eigenvalue weighted by Gasteiger charge is -2.25. The van der Waals surface area contributed by atoms with Crippen LogP contribution in [0.5, 0.6) is 0 Å². The first kappa shape index (κ1) is 24.3. The van der Waals surface area contributed by atoms with E-state index < -0.39 is 24.3 Å². The number of hydrogen-bond acceptors (Lipinski definition) is 7. The van der Waals surface area contributed by atoms with Crippen molar-refractivity contribution >= 4 is 52.3 Å². The van der Waals surface area contributed by atoms with Gasteiger partial charge in [-0.25, -0.2) is 9.37 Å². The van der Waals surface area contributed by atoms with Crippen LogP contribution in [0, 0.1) is 5.82 Å². The van der Waals surface area contributed by atoms with Crippen molar-refractivity contribution in [3.8, 4) is 11.3 Å². The molecule has 11 heteroatoms. The number of carbonyl (C=O) groups excluding carboxylic acids is 1. The summed E-state index contributed by atoms with van der Waals surface area (Å²) in [5.41, 5.74) is 3.04. The van der Waals surface area contributed by atoms with E-state index in [0.717, 1.165) is 18.4 Å². The Kier molecular flexibility index (Phi) is 6.48. The Morgan fingerprint density at radius 2 is 1.94 bits per heavy atom. The first-order chi connectivity index (χ1) is 17.3. The normalized spacial score (nSPS) is 14.1. The third kappa shape index (κ3) is 4.46. The summed E-state index contributed by atoms with van der Waals surface area (Å²) in [6, 6.07) is 12.4. The number of aromatic nitrogens is 1. The second-order valence-electron chi connectivity index (χ2n) is 8.62. The molecule has 1 aliphatic rings. The summed E-state index contributed by atoms with van der Waals surface area (Å²) in [5.74, 6) is 0.155. The van der Waals surface area contributed by atoms with Crippen molar-refractivity contribution in [2.75, 3.05) is 17.6 Å². The van der Waals surface area contributed by atoms with Gasteiger partial charge in [0.2, 0.25) is 0 Å². The number of carbonyl (C=O) groups is 1. The molecule has 1 atom stereocenters. The summed E-state index contributed by atoms with van der Waals surface area (Å²) < 4.78 is 34.2. The van der Waals surface area contributed by atoms with Crippen molar-refractivity contribution in [3.63, 3.8) is 0 Å². The molecule has 5 rings (SSSR count). The number of benzene rings is 2. The van der Waals surface area contributed by atoms with Crippen LogP contribution in [0.4, 0.5) is 15.9 Å². The molecule has 2 heterocycles. The van der Waals surface area contributed by atoms with Gasteiger partial charge >= 0.3 is 7.12 Å². The third-order valence-corrected chi connectivity index (χ3v) is 7.07. The van der Waals surface area contributed by atoms with Crippen LogP contribution in [-0.4, -0.2) is 45.9 Å². The van der Waals surface area contributed by atoms with Crippen molar-refractivity contribution in [2.45, 2.75) is 18.8 Å². The molecule has 1 aliphatic carbocycles. The standard InChI is InChI=1S/C25H23BFN3O5S/c1-28-25(31)23-19-11-18(14-3-4-14)20(12-21(19)35-24(23)15-5-8-17(27)9-6-15)30(36(2)34)22-10-7-16(13-29-22)26(32)33/h5-14,32-33H,3-4H2,1-2H3,(H,28,31). The zero-order valence-corrected chi connectivity index (χ0v) is 20.4. The molecule has 0 aliphatic heterocycles. The Labute approximate surface area is 210 Å². The molecule has 1 saturated carbocycles. The molecule has 4 aromatic rings. The number of nitrogens with zero attached hydrogens (tertiary/aromatic N) is 2. The van der Waals surface area contributed by atoms with Crippen LogP contribution >= 0.6 is 0 Å².